The lowest BCUT2D eigenvalue weighted by molar-refractivity contribution is -0.384. The summed E-state index contributed by atoms with van der Waals surface area (Å²) >= 11 is 12.0. The fraction of sp³-hybridized carbons (Fsp3) is 0.200. The van der Waals surface area contributed by atoms with Gasteiger partial charge in [0.2, 0.25) is 0 Å². The number of fused-ring (bicyclic) bond motifs is 1. The molecule has 0 unspecified atom stereocenters. The summed E-state index contributed by atoms with van der Waals surface area (Å²) in [5.41, 5.74) is 8.89. The van der Waals surface area contributed by atoms with E-state index in [0.717, 1.165) is 16.8 Å². The van der Waals surface area contributed by atoms with Gasteiger partial charge in [-0.1, -0.05) is 29.3 Å². The first-order valence-electron chi connectivity index (χ1n) is 6.68. The Kier molecular flexibility index (Phi) is 3.95. The van der Waals surface area contributed by atoms with Crippen molar-refractivity contribution in [3.8, 4) is 0 Å². The summed E-state index contributed by atoms with van der Waals surface area (Å²) in [4.78, 5) is 12.6. The number of benzene rings is 2. The van der Waals surface area contributed by atoms with E-state index in [-0.39, 0.29) is 11.7 Å². The number of nitrogens with two attached hydrogens (primary N) is 1. The largest absolute Gasteiger partial charge is 0.365 e. The number of halogens is 2. The predicted octanol–water partition coefficient (Wildman–Crippen LogP) is 3.92. The van der Waals surface area contributed by atoms with Gasteiger partial charge >= 0.3 is 0 Å². The lowest BCUT2D eigenvalue weighted by Crippen LogP contribution is -2.23. The van der Waals surface area contributed by atoms with Crippen LogP contribution in [-0.4, -0.2) is 11.5 Å². The summed E-state index contributed by atoms with van der Waals surface area (Å²) in [6, 6.07) is 10.0. The van der Waals surface area contributed by atoms with E-state index in [1.165, 1.54) is 6.07 Å². The number of hydrogen-bond acceptors (Lipinski definition) is 4. The number of nitro benzene ring substituents is 1. The highest BCUT2D eigenvalue weighted by Gasteiger charge is 2.28. The van der Waals surface area contributed by atoms with Crippen LogP contribution in [-0.2, 0) is 6.54 Å². The Balaban J connectivity index is 1.89. The van der Waals surface area contributed by atoms with Crippen molar-refractivity contribution >= 4 is 34.6 Å². The minimum absolute atomic E-state index is 0.0607. The third kappa shape index (κ3) is 2.75. The van der Waals surface area contributed by atoms with E-state index in [2.05, 4.69) is 4.90 Å². The highest BCUT2D eigenvalue weighted by Crippen LogP contribution is 2.37. The first-order valence-corrected chi connectivity index (χ1v) is 7.44. The Bertz CT molecular complexity index is 752. The van der Waals surface area contributed by atoms with Crippen LogP contribution in [0.5, 0.6) is 0 Å². The van der Waals surface area contributed by atoms with E-state index in [1.54, 1.807) is 18.2 Å². The van der Waals surface area contributed by atoms with Gasteiger partial charge < -0.3 is 10.6 Å². The second-order valence-corrected chi connectivity index (χ2v) is 6.05. The zero-order valence-electron chi connectivity index (χ0n) is 11.5. The molecule has 0 amide bonds. The standard InChI is InChI=1S/C15H13Cl2N3O2/c16-12-3-1-9(5-13(12)17)7-19-8-14(18)11-6-10(20(21)22)2-4-15(11)19/h1-6,14H,7-8,18H2/t14-/m1/s1. The molecule has 0 saturated heterocycles. The van der Waals surface area contributed by atoms with Gasteiger partial charge in [-0.25, -0.2) is 0 Å². The Morgan fingerprint density at radius 3 is 2.68 bits per heavy atom. The summed E-state index contributed by atoms with van der Waals surface area (Å²) in [5.74, 6) is 0. The molecule has 2 aromatic rings. The average molecular weight is 338 g/mol. The third-order valence-corrected chi connectivity index (χ3v) is 4.48. The van der Waals surface area contributed by atoms with Crippen molar-refractivity contribution < 1.29 is 4.92 Å². The number of nitro groups is 1. The van der Waals surface area contributed by atoms with Crippen LogP contribution in [0.1, 0.15) is 17.2 Å². The first kappa shape index (κ1) is 15.1. The molecular weight excluding hydrogens is 325 g/mol. The van der Waals surface area contributed by atoms with E-state index in [9.17, 15) is 10.1 Å². The molecule has 2 aromatic carbocycles. The first-order chi connectivity index (χ1) is 10.5. The SMILES string of the molecule is N[C@@H]1CN(Cc2ccc(Cl)c(Cl)c2)c2ccc([N+](=O)[O-])cc21. The second kappa shape index (κ2) is 5.76. The van der Waals surface area contributed by atoms with E-state index in [4.69, 9.17) is 28.9 Å². The minimum Gasteiger partial charge on any atom is -0.365 e. The van der Waals surface area contributed by atoms with E-state index < -0.39 is 4.92 Å². The van der Waals surface area contributed by atoms with Crippen molar-refractivity contribution in [3.05, 3.63) is 67.7 Å². The lowest BCUT2D eigenvalue weighted by Gasteiger charge is -2.19. The van der Waals surface area contributed by atoms with Crippen LogP contribution in [0, 0.1) is 10.1 Å². The van der Waals surface area contributed by atoms with Crippen LogP contribution in [0.25, 0.3) is 0 Å². The zero-order chi connectivity index (χ0) is 15.9. The Morgan fingerprint density at radius 2 is 2.00 bits per heavy atom. The normalized spacial score (nSPS) is 16.7. The third-order valence-electron chi connectivity index (χ3n) is 3.74. The van der Waals surface area contributed by atoms with E-state index in [0.29, 0.717) is 23.1 Å². The maximum absolute atomic E-state index is 10.9. The molecule has 0 bridgehead atoms. The van der Waals surface area contributed by atoms with Crippen LogP contribution in [0.4, 0.5) is 11.4 Å². The molecule has 0 aromatic heterocycles. The smallest absolute Gasteiger partial charge is 0.269 e. The maximum atomic E-state index is 10.9. The summed E-state index contributed by atoms with van der Waals surface area (Å²) in [7, 11) is 0. The van der Waals surface area contributed by atoms with Crippen molar-refractivity contribution in [3.63, 3.8) is 0 Å². The quantitative estimate of drug-likeness (QED) is 0.680. The van der Waals surface area contributed by atoms with Crippen LogP contribution in [0.2, 0.25) is 10.0 Å². The summed E-state index contributed by atoms with van der Waals surface area (Å²) in [6.07, 6.45) is 0. The molecule has 0 fully saturated rings. The molecule has 1 atom stereocenters. The van der Waals surface area contributed by atoms with Crippen molar-refractivity contribution in [1.29, 1.82) is 0 Å². The van der Waals surface area contributed by atoms with Gasteiger partial charge in [-0.05, 0) is 23.8 Å². The summed E-state index contributed by atoms with van der Waals surface area (Å²) < 4.78 is 0. The van der Waals surface area contributed by atoms with Crippen LogP contribution in [0.3, 0.4) is 0 Å². The monoisotopic (exact) mass is 337 g/mol. The fourth-order valence-corrected chi connectivity index (χ4v) is 3.00. The second-order valence-electron chi connectivity index (χ2n) is 5.24. The topological polar surface area (TPSA) is 72.4 Å². The fourth-order valence-electron chi connectivity index (χ4n) is 2.68. The molecule has 22 heavy (non-hydrogen) atoms. The molecule has 1 heterocycles. The van der Waals surface area contributed by atoms with Gasteiger partial charge in [0.1, 0.15) is 0 Å². The molecule has 5 nitrogen and oxygen atoms in total. The van der Waals surface area contributed by atoms with Crippen molar-refractivity contribution in [2.24, 2.45) is 5.73 Å². The highest BCUT2D eigenvalue weighted by molar-refractivity contribution is 6.42. The molecule has 0 aliphatic carbocycles. The molecule has 0 radical (unpaired) electrons. The number of rotatable bonds is 3. The number of hydrogen-bond donors (Lipinski definition) is 1. The molecular formula is C15H13Cl2N3O2. The maximum Gasteiger partial charge on any atom is 0.269 e. The van der Waals surface area contributed by atoms with Gasteiger partial charge in [-0.15, -0.1) is 0 Å². The van der Waals surface area contributed by atoms with Crippen LogP contribution in [0.15, 0.2) is 36.4 Å². The Morgan fingerprint density at radius 1 is 1.23 bits per heavy atom. The molecule has 7 heteroatoms. The van der Waals surface area contributed by atoms with Crippen molar-refractivity contribution in [2.45, 2.75) is 12.6 Å². The van der Waals surface area contributed by atoms with E-state index in [1.807, 2.05) is 12.1 Å². The number of anilines is 1. The molecule has 1 aliphatic heterocycles. The molecule has 0 spiro atoms. The number of nitrogens with zero attached hydrogens (tertiary/aromatic N) is 2. The Labute approximate surface area is 137 Å². The van der Waals surface area contributed by atoms with Crippen LogP contribution < -0.4 is 10.6 Å². The zero-order valence-corrected chi connectivity index (χ0v) is 13.0. The lowest BCUT2D eigenvalue weighted by atomic mass is 10.1. The average Bonchev–Trinajstić information content (AvgIpc) is 2.79. The molecule has 2 N–H and O–H groups in total. The van der Waals surface area contributed by atoms with Gasteiger partial charge in [-0.3, -0.25) is 10.1 Å². The molecule has 3 rings (SSSR count). The molecule has 0 saturated carbocycles. The van der Waals surface area contributed by atoms with Gasteiger partial charge in [0.25, 0.3) is 5.69 Å². The number of non-ortho nitro benzene ring substituents is 1. The minimum atomic E-state index is -0.408. The van der Waals surface area contributed by atoms with Gasteiger partial charge in [-0.2, -0.15) is 0 Å². The summed E-state index contributed by atoms with van der Waals surface area (Å²) in [6.45, 7) is 1.23. The van der Waals surface area contributed by atoms with Gasteiger partial charge in [0.15, 0.2) is 0 Å². The molecule has 114 valence electrons. The van der Waals surface area contributed by atoms with E-state index >= 15 is 0 Å². The predicted molar refractivity (Wildman–Crippen MR) is 87.5 cm³/mol. The van der Waals surface area contributed by atoms with Gasteiger partial charge in [0.05, 0.1) is 15.0 Å². The van der Waals surface area contributed by atoms with Crippen molar-refractivity contribution in [2.75, 3.05) is 11.4 Å². The van der Waals surface area contributed by atoms with Crippen LogP contribution >= 0.6 is 23.2 Å². The highest BCUT2D eigenvalue weighted by atomic mass is 35.5. The van der Waals surface area contributed by atoms with Gasteiger partial charge in [0, 0.05) is 42.5 Å². The Hall–Kier alpha value is -1.82. The molecule has 1 aliphatic rings. The summed E-state index contributed by atoms with van der Waals surface area (Å²) in [5, 5.41) is 11.9. The van der Waals surface area contributed by atoms with Crippen molar-refractivity contribution in [1.82, 2.24) is 0 Å².